The van der Waals surface area contributed by atoms with Crippen molar-refractivity contribution in [1.29, 1.82) is 0 Å². The molecule has 4 rings (SSSR count). The summed E-state index contributed by atoms with van der Waals surface area (Å²) in [6, 6.07) is 26.8. The van der Waals surface area contributed by atoms with Crippen LogP contribution in [0.25, 0.3) is 0 Å². The standard InChI is InChI=1S/C28H22F6N2PS/c1-18(35-26(38)36-21-16-19(27(29,30)31)15-20(17-21)28(32,33)34)24-13-8-14-25(24)37(22-9-4-2-5-10-22)23-11-6-3-7-12-23/h2-18H,1H3,(H2,35,36,38)/q-1/t18-/m1/s1. The van der Waals surface area contributed by atoms with Crippen LogP contribution in [0.5, 0.6) is 0 Å². The van der Waals surface area contributed by atoms with Crippen molar-refractivity contribution in [3.63, 3.8) is 0 Å². The zero-order valence-electron chi connectivity index (χ0n) is 19.9. The zero-order valence-corrected chi connectivity index (χ0v) is 21.6. The van der Waals surface area contributed by atoms with Crippen LogP contribution in [0.1, 0.15) is 29.7 Å². The van der Waals surface area contributed by atoms with Gasteiger partial charge < -0.3 is 10.6 Å². The Kier molecular flexibility index (Phi) is 8.19. The van der Waals surface area contributed by atoms with E-state index in [0.717, 1.165) is 21.5 Å². The van der Waals surface area contributed by atoms with Crippen LogP contribution in [0, 0.1) is 0 Å². The summed E-state index contributed by atoms with van der Waals surface area (Å²) < 4.78 is 79.4. The van der Waals surface area contributed by atoms with Crippen molar-refractivity contribution in [2.24, 2.45) is 0 Å². The van der Waals surface area contributed by atoms with Crippen molar-refractivity contribution < 1.29 is 26.3 Å². The molecule has 0 radical (unpaired) electrons. The molecule has 0 fully saturated rings. The molecule has 0 aliphatic carbocycles. The van der Waals surface area contributed by atoms with Gasteiger partial charge in [0.05, 0.1) is 11.1 Å². The van der Waals surface area contributed by atoms with Crippen molar-refractivity contribution >= 4 is 46.9 Å². The molecule has 38 heavy (non-hydrogen) atoms. The lowest BCUT2D eigenvalue weighted by Crippen LogP contribution is -2.33. The van der Waals surface area contributed by atoms with Gasteiger partial charge in [0.25, 0.3) is 0 Å². The van der Waals surface area contributed by atoms with E-state index in [0.29, 0.717) is 12.1 Å². The minimum atomic E-state index is -4.95. The monoisotopic (exact) mass is 563 g/mol. The first-order valence-electron chi connectivity index (χ1n) is 11.5. The Morgan fingerprint density at radius 1 is 0.763 bits per heavy atom. The highest BCUT2D eigenvalue weighted by Crippen LogP contribution is 2.38. The second kappa shape index (κ2) is 11.2. The predicted octanol–water partition coefficient (Wildman–Crippen LogP) is 7.25. The molecule has 0 spiro atoms. The predicted molar refractivity (Wildman–Crippen MR) is 145 cm³/mol. The molecule has 0 unspecified atom stereocenters. The smallest absolute Gasteiger partial charge is 0.367 e. The maximum Gasteiger partial charge on any atom is 0.416 e. The molecular formula is C28H22F6N2PS-. The molecule has 1 atom stereocenters. The topological polar surface area (TPSA) is 24.1 Å². The molecule has 0 aromatic heterocycles. The fourth-order valence-corrected chi connectivity index (χ4v) is 6.90. The highest BCUT2D eigenvalue weighted by Gasteiger charge is 2.37. The fourth-order valence-electron chi connectivity index (χ4n) is 4.04. The average Bonchev–Trinajstić information content (AvgIpc) is 3.34. The van der Waals surface area contributed by atoms with Crippen LogP contribution in [0.4, 0.5) is 32.0 Å². The van der Waals surface area contributed by atoms with Gasteiger partial charge in [0.15, 0.2) is 5.11 Å². The van der Waals surface area contributed by atoms with E-state index in [1.807, 2.05) is 61.5 Å². The minimum absolute atomic E-state index is 0.0794. The molecule has 2 nitrogen and oxygen atoms in total. The summed E-state index contributed by atoms with van der Waals surface area (Å²) in [5.74, 6) is 0. The molecule has 2 N–H and O–H groups in total. The van der Waals surface area contributed by atoms with E-state index in [2.05, 4.69) is 34.9 Å². The maximum atomic E-state index is 13.2. The lowest BCUT2D eigenvalue weighted by molar-refractivity contribution is -0.143. The molecule has 0 amide bonds. The molecule has 4 aromatic rings. The maximum absolute atomic E-state index is 13.2. The highest BCUT2D eigenvalue weighted by atomic mass is 32.1. The fraction of sp³-hybridized carbons (Fsp3) is 0.143. The molecule has 198 valence electrons. The second-order valence-corrected chi connectivity index (χ2v) is 11.1. The minimum Gasteiger partial charge on any atom is -0.367 e. The van der Waals surface area contributed by atoms with Crippen LogP contribution in [0.3, 0.4) is 0 Å². The van der Waals surface area contributed by atoms with Crippen molar-refractivity contribution in [1.82, 2.24) is 5.32 Å². The van der Waals surface area contributed by atoms with E-state index in [1.54, 1.807) is 0 Å². The number of nitrogens with one attached hydrogen (secondary N) is 2. The Labute approximate surface area is 222 Å². The molecule has 4 aromatic carbocycles. The van der Waals surface area contributed by atoms with Crippen molar-refractivity contribution in [2.75, 3.05) is 5.32 Å². The van der Waals surface area contributed by atoms with Gasteiger partial charge in [-0.15, -0.1) is 10.9 Å². The quantitative estimate of drug-likeness (QED) is 0.112. The summed E-state index contributed by atoms with van der Waals surface area (Å²) in [5.41, 5.74) is -2.32. The molecule has 0 heterocycles. The first-order chi connectivity index (χ1) is 17.9. The number of thiocarbonyl (C=S) groups is 1. The van der Waals surface area contributed by atoms with Gasteiger partial charge >= 0.3 is 12.4 Å². The van der Waals surface area contributed by atoms with E-state index < -0.39 is 37.1 Å². The Hall–Kier alpha value is -3.29. The summed E-state index contributed by atoms with van der Waals surface area (Å²) in [6.45, 7) is 1.84. The molecular weight excluding hydrogens is 541 g/mol. The summed E-state index contributed by atoms with van der Waals surface area (Å²) in [5, 5.41) is 8.76. The number of benzene rings is 3. The summed E-state index contributed by atoms with van der Waals surface area (Å²) in [7, 11) is -0.924. The Morgan fingerprint density at radius 2 is 1.26 bits per heavy atom. The van der Waals surface area contributed by atoms with Crippen molar-refractivity contribution in [3.8, 4) is 0 Å². The average molecular weight is 564 g/mol. The first kappa shape index (κ1) is 27.7. The second-order valence-electron chi connectivity index (χ2n) is 8.49. The third kappa shape index (κ3) is 6.58. The van der Waals surface area contributed by atoms with Crippen LogP contribution in [0.2, 0.25) is 0 Å². The molecule has 10 heteroatoms. The molecule has 0 aliphatic heterocycles. The summed E-state index contributed by atoms with van der Waals surface area (Å²) in [6.07, 6.45) is -9.90. The van der Waals surface area contributed by atoms with Gasteiger partial charge in [-0.25, -0.2) is 12.1 Å². The summed E-state index contributed by atoms with van der Waals surface area (Å²) >= 11 is 5.28. The lowest BCUT2D eigenvalue weighted by Gasteiger charge is -2.28. The molecule has 0 saturated carbocycles. The van der Waals surface area contributed by atoms with Crippen LogP contribution in [-0.2, 0) is 12.4 Å². The van der Waals surface area contributed by atoms with Crippen LogP contribution in [0.15, 0.2) is 97.1 Å². The Morgan fingerprint density at radius 3 is 1.74 bits per heavy atom. The molecule has 0 aliphatic rings. The number of hydrogen-bond acceptors (Lipinski definition) is 1. The van der Waals surface area contributed by atoms with Gasteiger partial charge in [-0.1, -0.05) is 67.6 Å². The Bertz CT molecular complexity index is 1310. The normalized spacial score (nSPS) is 12.8. The van der Waals surface area contributed by atoms with E-state index in [4.69, 9.17) is 12.2 Å². The van der Waals surface area contributed by atoms with E-state index in [9.17, 15) is 26.3 Å². The summed E-state index contributed by atoms with van der Waals surface area (Å²) in [4.78, 5) is 0. The Balaban J connectivity index is 1.59. The van der Waals surface area contributed by atoms with Gasteiger partial charge in [0, 0.05) is 11.7 Å². The van der Waals surface area contributed by atoms with E-state index in [1.165, 1.54) is 0 Å². The third-order valence-electron chi connectivity index (χ3n) is 5.75. The molecule has 0 saturated heterocycles. The molecule has 0 bridgehead atoms. The van der Waals surface area contributed by atoms with Gasteiger partial charge in [-0.2, -0.15) is 32.4 Å². The number of anilines is 1. The van der Waals surface area contributed by atoms with Gasteiger partial charge in [-0.05, 0) is 48.9 Å². The van der Waals surface area contributed by atoms with Crippen molar-refractivity contribution in [3.05, 3.63) is 114 Å². The van der Waals surface area contributed by atoms with Crippen LogP contribution in [-0.4, -0.2) is 5.11 Å². The number of hydrogen-bond donors (Lipinski definition) is 2. The third-order valence-corrected chi connectivity index (χ3v) is 8.49. The van der Waals surface area contributed by atoms with Gasteiger partial charge in [0.2, 0.25) is 0 Å². The van der Waals surface area contributed by atoms with E-state index in [-0.39, 0.29) is 17.2 Å². The number of halogens is 6. The largest absolute Gasteiger partial charge is 0.416 e. The number of alkyl halides is 6. The van der Waals surface area contributed by atoms with Gasteiger partial charge in [0.1, 0.15) is 0 Å². The van der Waals surface area contributed by atoms with Gasteiger partial charge in [-0.3, -0.25) is 0 Å². The zero-order chi connectivity index (χ0) is 27.5. The number of rotatable bonds is 6. The van der Waals surface area contributed by atoms with Crippen LogP contribution < -0.4 is 26.5 Å². The lowest BCUT2D eigenvalue weighted by atomic mass is 10.1. The highest BCUT2D eigenvalue weighted by molar-refractivity contribution is 7.80. The van der Waals surface area contributed by atoms with Crippen LogP contribution >= 0.6 is 20.1 Å². The van der Waals surface area contributed by atoms with E-state index >= 15 is 0 Å². The SMILES string of the molecule is C[C@@H](NC(=S)Nc1cc(C(F)(F)F)cc(C(F)(F)F)c1)[c-]1cccc1P(c1ccccc1)c1ccccc1. The first-order valence-corrected chi connectivity index (χ1v) is 13.2. The van der Waals surface area contributed by atoms with Crippen molar-refractivity contribution in [2.45, 2.75) is 25.3 Å².